The van der Waals surface area contributed by atoms with Crippen LogP contribution in [0.25, 0.3) is 0 Å². The van der Waals surface area contributed by atoms with E-state index in [0.29, 0.717) is 17.0 Å². The molecule has 0 radical (unpaired) electrons. The van der Waals surface area contributed by atoms with Crippen molar-refractivity contribution in [1.82, 2.24) is 5.32 Å². The summed E-state index contributed by atoms with van der Waals surface area (Å²) < 4.78 is 0. The minimum absolute atomic E-state index is 0.261. The number of nitrogens with two attached hydrogens (primary N) is 1. The average Bonchev–Trinajstić information content (AvgIpc) is 2.79. The summed E-state index contributed by atoms with van der Waals surface area (Å²) in [4.78, 5) is 14.4. The minimum atomic E-state index is -0.265. The zero-order chi connectivity index (χ0) is 15.1. The van der Waals surface area contributed by atoms with Gasteiger partial charge < -0.3 is 16.0 Å². The first-order valence-electron chi connectivity index (χ1n) is 6.49. The normalized spacial score (nSPS) is 9.85. The molecule has 0 aliphatic rings. The van der Waals surface area contributed by atoms with E-state index in [1.807, 2.05) is 11.9 Å². The van der Waals surface area contributed by atoms with Crippen molar-refractivity contribution in [1.29, 1.82) is 5.26 Å². The Kier molecular flexibility index (Phi) is 6.07. The van der Waals surface area contributed by atoms with E-state index in [1.165, 1.54) is 11.3 Å². The van der Waals surface area contributed by atoms with Crippen LogP contribution in [-0.2, 0) is 0 Å². The van der Waals surface area contributed by atoms with Crippen molar-refractivity contribution in [3.8, 4) is 6.07 Å². The van der Waals surface area contributed by atoms with Gasteiger partial charge in [0.15, 0.2) is 0 Å². The van der Waals surface area contributed by atoms with E-state index >= 15 is 0 Å². The van der Waals surface area contributed by atoms with Gasteiger partial charge in [-0.25, -0.2) is 0 Å². The Morgan fingerprint density at radius 1 is 1.65 bits per heavy atom. The van der Waals surface area contributed by atoms with Crippen molar-refractivity contribution < 1.29 is 4.79 Å². The van der Waals surface area contributed by atoms with Crippen molar-refractivity contribution in [3.05, 3.63) is 23.1 Å². The lowest BCUT2D eigenvalue weighted by molar-refractivity contribution is 0.0963. The van der Waals surface area contributed by atoms with Gasteiger partial charge in [0.1, 0.15) is 21.5 Å². The number of anilines is 2. The van der Waals surface area contributed by atoms with Gasteiger partial charge in [0.25, 0.3) is 5.91 Å². The number of thiophene rings is 1. The smallest absolute Gasteiger partial charge is 0.263 e. The Bertz CT molecular complexity index is 530. The standard InChI is InChI=1S/C14H20N4OS/c1-4-6-8-18(3)14-10(9-15)11(16)12(20-14)13(19)17-7-5-2/h5H,2,4,6-8,16H2,1,3H3,(H,17,19). The maximum Gasteiger partial charge on any atom is 0.263 e. The van der Waals surface area contributed by atoms with Gasteiger partial charge >= 0.3 is 0 Å². The summed E-state index contributed by atoms with van der Waals surface area (Å²) in [5.41, 5.74) is 6.58. The van der Waals surface area contributed by atoms with Crippen molar-refractivity contribution in [3.63, 3.8) is 0 Å². The van der Waals surface area contributed by atoms with Crippen LogP contribution < -0.4 is 16.0 Å². The van der Waals surface area contributed by atoms with Crippen LogP contribution in [0.4, 0.5) is 10.7 Å². The first kappa shape index (κ1) is 16.1. The van der Waals surface area contributed by atoms with Crippen LogP contribution in [-0.4, -0.2) is 26.0 Å². The fourth-order valence-corrected chi connectivity index (χ4v) is 2.79. The summed E-state index contributed by atoms with van der Waals surface area (Å²) in [6.07, 6.45) is 3.69. The predicted octanol–water partition coefficient (Wildman–Crippen LogP) is 2.35. The number of rotatable bonds is 7. The molecule has 0 bridgehead atoms. The second-order valence-corrected chi connectivity index (χ2v) is 5.41. The monoisotopic (exact) mass is 292 g/mol. The van der Waals surface area contributed by atoms with E-state index in [4.69, 9.17) is 5.73 Å². The van der Waals surface area contributed by atoms with Gasteiger partial charge in [-0.2, -0.15) is 5.26 Å². The molecule has 0 aliphatic heterocycles. The summed E-state index contributed by atoms with van der Waals surface area (Å²) in [6.45, 7) is 6.86. The number of nitrogens with zero attached hydrogens (tertiary/aromatic N) is 2. The van der Waals surface area contributed by atoms with Crippen LogP contribution >= 0.6 is 11.3 Å². The first-order chi connectivity index (χ1) is 9.56. The molecule has 1 heterocycles. The second kappa shape index (κ2) is 7.56. The van der Waals surface area contributed by atoms with E-state index < -0.39 is 0 Å². The number of nitrogens with one attached hydrogen (secondary N) is 1. The number of nitrogen functional groups attached to an aromatic ring is 1. The molecule has 0 unspecified atom stereocenters. The third kappa shape index (κ3) is 3.52. The summed E-state index contributed by atoms with van der Waals surface area (Å²) in [5, 5.41) is 12.7. The number of carbonyl (C=O) groups is 1. The maximum absolute atomic E-state index is 12.0. The first-order valence-corrected chi connectivity index (χ1v) is 7.31. The van der Waals surface area contributed by atoms with Gasteiger partial charge in [-0.05, 0) is 6.42 Å². The Morgan fingerprint density at radius 3 is 2.90 bits per heavy atom. The molecule has 1 rings (SSSR count). The Hall–Kier alpha value is -2.00. The van der Waals surface area contributed by atoms with Crippen LogP contribution in [0.1, 0.15) is 35.0 Å². The lowest BCUT2D eigenvalue weighted by Crippen LogP contribution is -2.23. The SMILES string of the molecule is C=CCNC(=O)c1sc(N(C)CCCC)c(C#N)c1N. The minimum Gasteiger partial charge on any atom is -0.396 e. The third-order valence-electron chi connectivity index (χ3n) is 2.85. The summed E-state index contributed by atoms with van der Waals surface area (Å²) in [6, 6.07) is 2.10. The zero-order valence-electron chi connectivity index (χ0n) is 11.9. The van der Waals surface area contributed by atoms with Crippen LogP contribution in [0.15, 0.2) is 12.7 Å². The van der Waals surface area contributed by atoms with Crippen molar-refractivity contribution in [2.45, 2.75) is 19.8 Å². The molecule has 1 amide bonds. The van der Waals surface area contributed by atoms with Crippen molar-refractivity contribution >= 4 is 27.9 Å². The Labute approximate surface area is 123 Å². The van der Waals surface area contributed by atoms with E-state index in [0.717, 1.165) is 24.4 Å². The average molecular weight is 292 g/mol. The van der Waals surface area contributed by atoms with E-state index in [2.05, 4.69) is 24.9 Å². The van der Waals surface area contributed by atoms with E-state index in [9.17, 15) is 10.1 Å². The van der Waals surface area contributed by atoms with Gasteiger partial charge in [0, 0.05) is 20.1 Å². The Morgan fingerprint density at radius 2 is 2.35 bits per heavy atom. The lowest BCUT2D eigenvalue weighted by atomic mass is 10.2. The summed E-state index contributed by atoms with van der Waals surface area (Å²) in [7, 11) is 1.91. The fraction of sp³-hybridized carbons (Fsp3) is 0.429. The third-order valence-corrected chi connectivity index (χ3v) is 4.16. The highest BCUT2D eigenvalue weighted by molar-refractivity contribution is 7.19. The Balaban J connectivity index is 3.05. The van der Waals surface area contributed by atoms with Gasteiger partial charge in [0.2, 0.25) is 0 Å². The second-order valence-electron chi connectivity index (χ2n) is 4.41. The molecule has 5 nitrogen and oxygen atoms in total. The lowest BCUT2D eigenvalue weighted by Gasteiger charge is -2.16. The maximum atomic E-state index is 12.0. The van der Waals surface area contributed by atoms with Crippen molar-refractivity contribution in [2.24, 2.45) is 0 Å². The molecule has 20 heavy (non-hydrogen) atoms. The zero-order valence-corrected chi connectivity index (χ0v) is 12.7. The number of hydrogen-bond acceptors (Lipinski definition) is 5. The molecule has 0 atom stereocenters. The molecular formula is C14H20N4OS. The predicted molar refractivity (Wildman–Crippen MR) is 84.2 cm³/mol. The van der Waals surface area contributed by atoms with Crippen LogP contribution in [0.2, 0.25) is 0 Å². The van der Waals surface area contributed by atoms with Crippen LogP contribution in [0, 0.1) is 11.3 Å². The number of hydrogen-bond donors (Lipinski definition) is 2. The van der Waals surface area contributed by atoms with Crippen LogP contribution in [0.5, 0.6) is 0 Å². The van der Waals surface area contributed by atoms with Gasteiger partial charge in [-0.1, -0.05) is 19.4 Å². The molecule has 0 aliphatic carbocycles. The molecule has 108 valence electrons. The molecule has 3 N–H and O–H groups in total. The van der Waals surface area contributed by atoms with E-state index in [1.54, 1.807) is 6.08 Å². The highest BCUT2D eigenvalue weighted by Crippen LogP contribution is 2.37. The molecule has 0 aromatic carbocycles. The number of nitriles is 1. The number of carbonyl (C=O) groups excluding carboxylic acids is 1. The molecule has 1 aromatic rings. The van der Waals surface area contributed by atoms with Gasteiger partial charge in [-0.3, -0.25) is 4.79 Å². The molecular weight excluding hydrogens is 272 g/mol. The molecule has 0 spiro atoms. The van der Waals surface area contributed by atoms with E-state index in [-0.39, 0.29) is 11.6 Å². The molecule has 0 saturated carbocycles. The fourth-order valence-electron chi connectivity index (χ4n) is 1.72. The van der Waals surface area contributed by atoms with Gasteiger partial charge in [0.05, 0.1) is 5.69 Å². The summed E-state index contributed by atoms with van der Waals surface area (Å²) in [5.74, 6) is -0.265. The quantitative estimate of drug-likeness (QED) is 0.756. The largest absolute Gasteiger partial charge is 0.396 e. The van der Waals surface area contributed by atoms with Gasteiger partial charge in [-0.15, -0.1) is 17.9 Å². The molecule has 1 aromatic heterocycles. The van der Waals surface area contributed by atoms with Crippen molar-refractivity contribution in [2.75, 3.05) is 30.8 Å². The number of amides is 1. The highest BCUT2D eigenvalue weighted by atomic mass is 32.1. The number of unbranched alkanes of at least 4 members (excludes halogenated alkanes) is 1. The molecule has 6 heteroatoms. The molecule has 0 fully saturated rings. The molecule has 0 saturated heterocycles. The summed E-state index contributed by atoms with van der Waals surface area (Å²) >= 11 is 1.26. The topological polar surface area (TPSA) is 82.2 Å². The highest BCUT2D eigenvalue weighted by Gasteiger charge is 2.22. The van der Waals surface area contributed by atoms with Crippen LogP contribution in [0.3, 0.4) is 0 Å².